The van der Waals surface area contributed by atoms with Crippen LogP contribution in [0.15, 0.2) is 66.1 Å². The summed E-state index contributed by atoms with van der Waals surface area (Å²) in [4.78, 5) is 27.7. The lowest BCUT2D eigenvalue weighted by Gasteiger charge is -2.05. The highest BCUT2D eigenvalue weighted by Gasteiger charge is 2.12. The van der Waals surface area contributed by atoms with Crippen LogP contribution in [0.1, 0.15) is 15.9 Å². The van der Waals surface area contributed by atoms with Crippen LogP contribution in [-0.4, -0.2) is 20.7 Å². The number of nitrogens with one attached hydrogen (secondary N) is 1. The number of aromatic nitrogens is 3. The molecule has 0 aliphatic heterocycles. The van der Waals surface area contributed by atoms with Crippen molar-refractivity contribution in [2.24, 2.45) is 5.18 Å². The summed E-state index contributed by atoms with van der Waals surface area (Å²) in [6.45, 7) is 0.215. The summed E-state index contributed by atoms with van der Waals surface area (Å²) in [7, 11) is 0. The Balaban J connectivity index is 1.50. The number of fused-ring (bicyclic) bond motifs is 1. The Kier molecular flexibility index (Phi) is 4.24. The molecule has 0 fully saturated rings. The van der Waals surface area contributed by atoms with E-state index in [2.05, 4.69) is 20.6 Å². The second kappa shape index (κ2) is 6.85. The zero-order valence-corrected chi connectivity index (χ0v) is 14.3. The number of amides is 1. The third-order valence-corrected chi connectivity index (χ3v) is 4.88. The molecule has 0 spiro atoms. The summed E-state index contributed by atoms with van der Waals surface area (Å²) in [5.74, 6) is -0.280. The third kappa shape index (κ3) is 3.09. The van der Waals surface area contributed by atoms with Gasteiger partial charge in [-0.3, -0.25) is 4.79 Å². The number of rotatable bonds is 5. The summed E-state index contributed by atoms with van der Waals surface area (Å²) >= 11 is 1.50. The van der Waals surface area contributed by atoms with E-state index < -0.39 is 0 Å². The van der Waals surface area contributed by atoms with Crippen LogP contribution in [-0.2, 0) is 6.54 Å². The Morgan fingerprint density at radius 2 is 1.96 bits per heavy atom. The lowest BCUT2D eigenvalue weighted by atomic mass is 10.2. The molecular weight excluding hydrogens is 350 g/mol. The van der Waals surface area contributed by atoms with E-state index in [0.29, 0.717) is 21.9 Å². The summed E-state index contributed by atoms with van der Waals surface area (Å²) < 4.78 is 2.64. The van der Waals surface area contributed by atoms with Gasteiger partial charge in [-0.1, -0.05) is 41.7 Å². The molecule has 1 amide bonds. The molecule has 4 aromatic rings. The molecule has 26 heavy (non-hydrogen) atoms. The zero-order chi connectivity index (χ0) is 17.9. The zero-order valence-electron chi connectivity index (χ0n) is 13.5. The maximum atomic E-state index is 12.3. The van der Waals surface area contributed by atoms with Crippen molar-refractivity contribution in [3.8, 4) is 5.13 Å². The quantitative estimate of drug-likeness (QED) is 0.546. The van der Waals surface area contributed by atoms with E-state index in [4.69, 9.17) is 0 Å². The van der Waals surface area contributed by atoms with E-state index in [-0.39, 0.29) is 12.5 Å². The summed E-state index contributed by atoms with van der Waals surface area (Å²) in [5.41, 5.74) is 2.29. The number of carbonyl (C=O) groups is 1. The summed E-state index contributed by atoms with van der Waals surface area (Å²) in [6.07, 6.45) is 3.13. The maximum Gasteiger partial charge on any atom is 0.254 e. The fourth-order valence-corrected chi connectivity index (χ4v) is 3.43. The van der Waals surface area contributed by atoms with E-state index in [9.17, 15) is 9.70 Å². The predicted octanol–water partition coefficient (Wildman–Crippen LogP) is 3.81. The van der Waals surface area contributed by atoms with Gasteiger partial charge in [-0.2, -0.15) is 5.10 Å². The van der Waals surface area contributed by atoms with Crippen LogP contribution in [0.2, 0.25) is 0 Å². The van der Waals surface area contributed by atoms with Gasteiger partial charge in [0.15, 0.2) is 0 Å². The van der Waals surface area contributed by atoms with Crippen LogP contribution in [0.5, 0.6) is 0 Å². The minimum absolute atomic E-state index is 0.215. The highest BCUT2D eigenvalue weighted by Crippen LogP contribution is 2.24. The molecule has 0 aliphatic carbocycles. The van der Waals surface area contributed by atoms with E-state index >= 15 is 0 Å². The molecule has 0 bridgehead atoms. The Hall–Kier alpha value is -3.39. The molecule has 0 atom stereocenters. The first kappa shape index (κ1) is 16.1. The number of hydrogen-bond donors (Lipinski definition) is 1. The largest absolute Gasteiger partial charge is 0.348 e. The molecule has 0 radical (unpaired) electrons. The SMILES string of the molecule is O=Nc1ccccc1CNC(=O)c1cnn(-c2nc3ccccc3s2)c1. The van der Waals surface area contributed by atoms with Gasteiger partial charge >= 0.3 is 0 Å². The van der Waals surface area contributed by atoms with E-state index in [1.54, 1.807) is 35.1 Å². The lowest BCUT2D eigenvalue weighted by Crippen LogP contribution is -2.22. The molecule has 0 aliphatic rings. The minimum atomic E-state index is -0.280. The molecule has 7 nitrogen and oxygen atoms in total. The Morgan fingerprint density at radius 3 is 2.81 bits per heavy atom. The van der Waals surface area contributed by atoms with Gasteiger partial charge in [0.1, 0.15) is 5.69 Å². The molecule has 2 aromatic carbocycles. The topological polar surface area (TPSA) is 89.2 Å². The number of para-hydroxylation sites is 1. The van der Waals surface area contributed by atoms with E-state index in [0.717, 1.165) is 10.2 Å². The first-order valence-electron chi connectivity index (χ1n) is 7.84. The van der Waals surface area contributed by atoms with Crippen LogP contribution in [0.4, 0.5) is 5.69 Å². The third-order valence-electron chi connectivity index (χ3n) is 3.85. The van der Waals surface area contributed by atoms with Gasteiger partial charge in [0.05, 0.1) is 22.0 Å². The van der Waals surface area contributed by atoms with Gasteiger partial charge in [-0.15, -0.1) is 4.91 Å². The number of nitrogens with zero attached hydrogens (tertiary/aromatic N) is 4. The van der Waals surface area contributed by atoms with Crippen molar-refractivity contribution >= 4 is 33.1 Å². The molecule has 2 heterocycles. The van der Waals surface area contributed by atoms with Crippen LogP contribution in [0.3, 0.4) is 0 Å². The van der Waals surface area contributed by atoms with Crippen LogP contribution < -0.4 is 5.32 Å². The number of hydrogen-bond acceptors (Lipinski definition) is 6. The van der Waals surface area contributed by atoms with E-state index in [1.165, 1.54) is 17.5 Å². The standard InChI is InChI=1S/C18H13N5O2S/c24-17(19-9-12-5-1-2-6-14(12)22-25)13-10-20-23(11-13)18-21-15-7-3-4-8-16(15)26-18/h1-8,10-11H,9H2,(H,19,24). The molecule has 0 saturated carbocycles. The van der Waals surface area contributed by atoms with Gasteiger partial charge in [-0.05, 0) is 23.4 Å². The van der Waals surface area contributed by atoms with Crippen molar-refractivity contribution in [2.75, 3.05) is 0 Å². The van der Waals surface area contributed by atoms with Crippen LogP contribution in [0.25, 0.3) is 15.3 Å². The number of nitroso groups, excluding NO2 is 1. The minimum Gasteiger partial charge on any atom is -0.348 e. The molecule has 2 aromatic heterocycles. The van der Waals surface area contributed by atoms with Crippen molar-refractivity contribution in [1.29, 1.82) is 0 Å². The smallest absolute Gasteiger partial charge is 0.254 e. The fraction of sp³-hybridized carbons (Fsp3) is 0.0556. The van der Waals surface area contributed by atoms with Gasteiger partial charge in [0.25, 0.3) is 5.91 Å². The lowest BCUT2D eigenvalue weighted by molar-refractivity contribution is 0.0951. The summed E-state index contributed by atoms with van der Waals surface area (Å²) in [6, 6.07) is 14.7. The highest BCUT2D eigenvalue weighted by atomic mass is 32.1. The molecule has 128 valence electrons. The average Bonchev–Trinajstić information content (AvgIpc) is 3.33. The Bertz CT molecular complexity index is 1070. The molecular formula is C18H13N5O2S. The fourth-order valence-electron chi connectivity index (χ4n) is 2.53. The van der Waals surface area contributed by atoms with Gasteiger partial charge in [-0.25, -0.2) is 9.67 Å². The Labute approximate surface area is 152 Å². The van der Waals surface area contributed by atoms with Gasteiger partial charge in [0, 0.05) is 18.3 Å². The first-order valence-corrected chi connectivity index (χ1v) is 8.66. The Morgan fingerprint density at radius 1 is 1.15 bits per heavy atom. The van der Waals surface area contributed by atoms with E-state index in [1.807, 2.05) is 24.3 Å². The monoisotopic (exact) mass is 363 g/mol. The van der Waals surface area contributed by atoms with Crippen molar-refractivity contribution in [1.82, 2.24) is 20.1 Å². The molecule has 1 N–H and O–H groups in total. The van der Waals surface area contributed by atoms with Crippen molar-refractivity contribution in [2.45, 2.75) is 6.54 Å². The number of carbonyl (C=O) groups excluding carboxylic acids is 1. The predicted molar refractivity (Wildman–Crippen MR) is 99.8 cm³/mol. The second-order valence-electron chi connectivity index (χ2n) is 5.54. The van der Waals surface area contributed by atoms with Crippen molar-refractivity contribution < 1.29 is 4.79 Å². The summed E-state index contributed by atoms with van der Waals surface area (Å²) in [5, 5.41) is 10.7. The van der Waals surface area contributed by atoms with Crippen LogP contribution >= 0.6 is 11.3 Å². The van der Waals surface area contributed by atoms with Crippen molar-refractivity contribution in [3.63, 3.8) is 0 Å². The number of benzene rings is 2. The molecule has 0 unspecified atom stereocenters. The number of thiazole rings is 1. The highest BCUT2D eigenvalue weighted by molar-refractivity contribution is 7.20. The maximum absolute atomic E-state index is 12.3. The normalized spacial score (nSPS) is 10.8. The molecule has 8 heteroatoms. The van der Waals surface area contributed by atoms with Crippen LogP contribution in [0, 0.1) is 4.91 Å². The van der Waals surface area contributed by atoms with Gasteiger partial charge < -0.3 is 5.32 Å². The first-order chi connectivity index (χ1) is 12.7. The molecule has 0 saturated heterocycles. The van der Waals surface area contributed by atoms with Gasteiger partial charge in [0.2, 0.25) is 5.13 Å². The van der Waals surface area contributed by atoms with Crippen molar-refractivity contribution in [3.05, 3.63) is 77.0 Å². The second-order valence-corrected chi connectivity index (χ2v) is 6.55. The average molecular weight is 363 g/mol. The molecule has 4 rings (SSSR count).